The lowest BCUT2D eigenvalue weighted by Crippen LogP contribution is -2.42. The summed E-state index contributed by atoms with van der Waals surface area (Å²) in [5, 5.41) is 8.51. The van der Waals surface area contributed by atoms with Crippen molar-refractivity contribution in [3.8, 4) is 0 Å². The Morgan fingerprint density at radius 1 is 0.882 bits per heavy atom. The molecule has 0 spiro atoms. The molecule has 6 heteroatoms. The summed E-state index contributed by atoms with van der Waals surface area (Å²) in [4.78, 5) is 24.8. The largest absolute Gasteiger partial charge is 0.348 e. The van der Waals surface area contributed by atoms with Gasteiger partial charge < -0.3 is 20.9 Å². The zero-order chi connectivity index (χ0) is 12.5. The molecule has 1 heterocycles. The van der Waals surface area contributed by atoms with Crippen LogP contribution in [0.4, 0.5) is 0 Å². The fourth-order valence-electron chi connectivity index (χ4n) is 1.63. The standard InChI is InChI=1S/C11H22N4O2/c1-15-8-3-6-14-11(17)10(16)13-5-2-4-12-7-9-15/h12H,2-9H2,1H3,(H,13,16)(H,14,17). The first-order chi connectivity index (χ1) is 8.20. The first-order valence-electron chi connectivity index (χ1n) is 6.15. The molecule has 1 aliphatic heterocycles. The number of hydrogen-bond acceptors (Lipinski definition) is 4. The molecule has 1 fully saturated rings. The van der Waals surface area contributed by atoms with Crippen molar-refractivity contribution in [2.75, 3.05) is 46.3 Å². The molecule has 2 amide bonds. The molecular weight excluding hydrogens is 220 g/mol. The smallest absolute Gasteiger partial charge is 0.309 e. The lowest BCUT2D eigenvalue weighted by Gasteiger charge is -2.17. The molecule has 1 saturated heterocycles. The first-order valence-corrected chi connectivity index (χ1v) is 6.15. The summed E-state index contributed by atoms with van der Waals surface area (Å²) < 4.78 is 0. The van der Waals surface area contributed by atoms with Gasteiger partial charge in [0.05, 0.1) is 0 Å². The van der Waals surface area contributed by atoms with Gasteiger partial charge >= 0.3 is 11.8 Å². The van der Waals surface area contributed by atoms with Crippen LogP contribution in [0.5, 0.6) is 0 Å². The highest BCUT2D eigenvalue weighted by molar-refractivity contribution is 6.35. The molecular formula is C11H22N4O2. The third kappa shape index (κ3) is 6.23. The van der Waals surface area contributed by atoms with Crippen molar-refractivity contribution in [1.29, 1.82) is 0 Å². The van der Waals surface area contributed by atoms with E-state index in [2.05, 4.69) is 27.9 Å². The van der Waals surface area contributed by atoms with Gasteiger partial charge in [0.2, 0.25) is 0 Å². The molecule has 0 atom stereocenters. The van der Waals surface area contributed by atoms with Crippen molar-refractivity contribution < 1.29 is 9.59 Å². The minimum Gasteiger partial charge on any atom is -0.348 e. The SMILES string of the molecule is CN1CCCNC(=O)C(=O)NCCCNCC1. The third-order valence-electron chi connectivity index (χ3n) is 2.69. The molecule has 0 bridgehead atoms. The number of rotatable bonds is 0. The molecule has 0 aromatic heterocycles. The van der Waals surface area contributed by atoms with Crippen molar-refractivity contribution >= 4 is 11.8 Å². The van der Waals surface area contributed by atoms with E-state index in [-0.39, 0.29) is 0 Å². The Kier molecular flexibility index (Phi) is 6.57. The highest BCUT2D eigenvalue weighted by Gasteiger charge is 2.11. The van der Waals surface area contributed by atoms with Crippen LogP contribution in [0.15, 0.2) is 0 Å². The van der Waals surface area contributed by atoms with E-state index >= 15 is 0 Å². The zero-order valence-electron chi connectivity index (χ0n) is 10.4. The Morgan fingerprint density at radius 2 is 1.53 bits per heavy atom. The fraction of sp³-hybridized carbons (Fsp3) is 0.818. The maximum atomic E-state index is 11.3. The molecule has 3 N–H and O–H groups in total. The molecule has 1 aliphatic rings. The maximum Gasteiger partial charge on any atom is 0.309 e. The number of likely N-dealkylation sites (N-methyl/N-ethyl adjacent to an activating group) is 1. The van der Waals surface area contributed by atoms with Gasteiger partial charge in [-0.05, 0) is 33.0 Å². The van der Waals surface area contributed by atoms with Crippen molar-refractivity contribution in [3.63, 3.8) is 0 Å². The van der Waals surface area contributed by atoms with Crippen molar-refractivity contribution in [2.45, 2.75) is 12.8 Å². The summed E-state index contributed by atoms with van der Waals surface area (Å²) in [5.74, 6) is -1.06. The van der Waals surface area contributed by atoms with Crippen LogP contribution in [0.1, 0.15) is 12.8 Å². The van der Waals surface area contributed by atoms with Gasteiger partial charge in [0, 0.05) is 26.2 Å². The Labute approximate surface area is 102 Å². The molecule has 0 unspecified atom stereocenters. The number of nitrogens with one attached hydrogen (secondary N) is 3. The second-order valence-corrected chi connectivity index (χ2v) is 4.27. The van der Waals surface area contributed by atoms with E-state index in [9.17, 15) is 9.59 Å². The first kappa shape index (κ1) is 13.9. The van der Waals surface area contributed by atoms with Crippen molar-refractivity contribution in [1.82, 2.24) is 20.9 Å². The summed E-state index contributed by atoms with van der Waals surface area (Å²) in [6.07, 6.45) is 1.69. The quantitative estimate of drug-likeness (QED) is 0.454. The molecule has 0 aliphatic carbocycles. The van der Waals surface area contributed by atoms with Gasteiger partial charge in [0.15, 0.2) is 0 Å². The van der Waals surface area contributed by atoms with Crippen LogP contribution in [0.3, 0.4) is 0 Å². The average Bonchev–Trinajstić information content (AvgIpc) is 2.32. The molecule has 17 heavy (non-hydrogen) atoms. The topological polar surface area (TPSA) is 73.5 Å². The van der Waals surface area contributed by atoms with Gasteiger partial charge in [0.1, 0.15) is 0 Å². The van der Waals surface area contributed by atoms with Crippen LogP contribution in [-0.2, 0) is 9.59 Å². The van der Waals surface area contributed by atoms with Crippen molar-refractivity contribution in [2.24, 2.45) is 0 Å². The minimum atomic E-state index is -0.532. The summed E-state index contributed by atoms with van der Waals surface area (Å²) in [6.45, 7) is 4.82. The molecule has 1 rings (SSSR count). The zero-order valence-corrected chi connectivity index (χ0v) is 10.4. The fourth-order valence-corrected chi connectivity index (χ4v) is 1.63. The Bertz CT molecular complexity index is 258. The number of nitrogens with zero attached hydrogens (tertiary/aromatic N) is 1. The van der Waals surface area contributed by atoms with Crippen molar-refractivity contribution in [3.05, 3.63) is 0 Å². The average molecular weight is 242 g/mol. The molecule has 0 aromatic rings. The van der Waals surface area contributed by atoms with Gasteiger partial charge in [-0.1, -0.05) is 0 Å². The predicted octanol–water partition coefficient (Wildman–Crippen LogP) is -1.47. The van der Waals surface area contributed by atoms with Gasteiger partial charge in [-0.2, -0.15) is 0 Å². The highest BCUT2D eigenvalue weighted by atomic mass is 16.2. The van der Waals surface area contributed by atoms with E-state index in [1.54, 1.807) is 0 Å². The maximum absolute atomic E-state index is 11.3. The molecule has 0 saturated carbocycles. The number of carbonyl (C=O) groups excluding carboxylic acids is 2. The van der Waals surface area contributed by atoms with E-state index < -0.39 is 11.8 Å². The predicted molar refractivity (Wildman–Crippen MR) is 65.6 cm³/mol. The lowest BCUT2D eigenvalue weighted by atomic mass is 10.3. The van der Waals surface area contributed by atoms with Crippen LogP contribution >= 0.6 is 0 Å². The summed E-state index contributed by atoms with van der Waals surface area (Å²) in [7, 11) is 2.06. The van der Waals surface area contributed by atoms with Gasteiger partial charge in [-0.3, -0.25) is 9.59 Å². The van der Waals surface area contributed by atoms with Gasteiger partial charge in [-0.25, -0.2) is 0 Å². The van der Waals surface area contributed by atoms with E-state index in [0.717, 1.165) is 39.0 Å². The number of carbonyl (C=O) groups is 2. The molecule has 6 nitrogen and oxygen atoms in total. The lowest BCUT2D eigenvalue weighted by molar-refractivity contribution is -0.139. The van der Waals surface area contributed by atoms with Crippen LogP contribution < -0.4 is 16.0 Å². The summed E-state index contributed by atoms with van der Waals surface area (Å²) in [6, 6.07) is 0. The van der Waals surface area contributed by atoms with Crippen LogP contribution in [0.2, 0.25) is 0 Å². The van der Waals surface area contributed by atoms with E-state index in [1.165, 1.54) is 0 Å². The third-order valence-corrected chi connectivity index (χ3v) is 2.69. The molecule has 0 aromatic carbocycles. The van der Waals surface area contributed by atoms with Crippen LogP contribution in [-0.4, -0.2) is 63.0 Å². The number of hydrogen-bond donors (Lipinski definition) is 3. The van der Waals surface area contributed by atoms with E-state index in [1.807, 2.05) is 0 Å². The van der Waals surface area contributed by atoms with E-state index in [4.69, 9.17) is 0 Å². The normalized spacial score (nSPS) is 22.4. The van der Waals surface area contributed by atoms with Gasteiger partial charge in [-0.15, -0.1) is 0 Å². The summed E-state index contributed by atoms with van der Waals surface area (Å²) >= 11 is 0. The minimum absolute atomic E-state index is 0.530. The van der Waals surface area contributed by atoms with Crippen LogP contribution in [0, 0.1) is 0 Å². The Morgan fingerprint density at radius 3 is 2.24 bits per heavy atom. The highest BCUT2D eigenvalue weighted by Crippen LogP contribution is 1.86. The van der Waals surface area contributed by atoms with E-state index in [0.29, 0.717) is 13.1 Å². The monoisotopic (exact) mass is 242 g/mol. The second kappa shape index (κ2) is 8.03. The Hall–Kier alpha value is -1.14. The molecule has 0 radical (unpaired) electrons. The van der Waals surface area contributed by atoms with Gasteiger partial charge in [0.25, 0.3) is 0 Å². The molecule has 98 valence electrons. The second-order valence-electron chi connectivity index (χ2n) is 4.27. The van der Waals surface area contributed by atoms with Crippen LogP contribution in [0.25, 0.3) is 0 Å². The summed E-state index contributed by atoms with van der Waals surface area (Å²) in [5.41, 5.74) is 0. The number of amides is 2. The Balaban J connectivity index is 2.34.